The van der Waals surface area contributed by atoms with Crippen LogP contribution in [0.15, 0.2) is 41.3 Å². The lowest BCUT2D eigenvalue weighted by atomic mass is 10.3. The van der Waals surface area contributed by atoms with Gasteiger partial charge in [0.15, 0.2) is 0 Å². The van der Waals surface area contributed by atoms with E-state index in [1.165, 1.54) is 18.4 Å². The number of hydrogen-bond donors (Lipinski definition) is 1. The maximum Gasteiger partial charge on any atom is 0.242 e. The van der Waals surface area contributed by atoms with E-state index in [0.29, 0.717) is 11.4 Å². The lowest BCUT2D eigenvalue weighted by Gasteiger charge is -2.12. The first-order chi connectivity index (χ1) is 7.84. The Morgan fingerprint density at radius 3 is 2.24 bits per heavy atom. The highest BCUT2D eigenvalue weighted by Gasteiger charge is 2.16. The Bertz CT molecular complexity index is 490. The Balaban J connectivity index is 2.85. The second-order valence-electron chi connectivity index (χ2n) is 4.12. The monoisotopic (exact) mass is 254 g/mol. The molecular weight excluding hydrogens is 236 g/mol. The fraction of sp³-hybridized carbons (Fsp3) is 0.333. The van der Waals surface area contributed by atoms with E-state index in [9.17, 15) is 8.42 Å². The minimum atomic E-state index is -3.34. The zero-order chi connectivity index (χ0) is 13.1. The van der Waals surface area contributed by atoms with E-state index in [1.54, 1.807) is 24.3 Å². The summed E-state index contributed by atoms with van der Waals surface area (Å²) in [7, 11) is -0.304. The van der Waals surface area contributed by atoms with Gasteiger partial charge in [-0.2, -0.15) is 0 Å². The van der Waals surface area contributed by atoms with Gasteiger partial charge in [0.2, 0.25) is 10.0 Å². The summed E-state index contributed by atoms with van der Waals surface area (Å²) in [4.78, 5) is 0.295. The third kappa shape index (κ3) is 3.57. The molecule has 1 rings (SSSR count). The van der Waals surface area contributed by atoms with Gasteiger partial charge in [-0.25, -0.2) is 12.7 Å². The molecular formula is C12H18N2O2S. The van der Waals surface area contributed by atoms with E-state index in [-0.39, 0.29) is 0 Å². The fourth-order valence-electron chi connectivity index (χ4n) is 1.21. The van der Waals surface area contributed by atoms with Gasteiger partial charge in [-0.15, -0.1) is 0 Å². The molecule has 0 amide bonds. The van der Waals surface area contributed by atoms with Gasteiger partial charge in [-0.05, 0) is 31.2 Å². The number of anilines is 1. The van der Waals surface area contributed by atoms with Crippen molar-refractivity contribution in [3.8, 4) is 0 Å². The number of nitrogens with one attached hydrogen (secondary N) is 1. The second kappa shape index (κ2) is 5.33. The topological polar surface area (TPSA) is 49.4 Å². The van der Waals surface area contributed by atoms with Crippen molar-refractivity contribution < 1.29 is 8.42 Å². The number of nitrogens with zero attached hydrogens (tertiary/aromatic N) is 1. The SMILES string of the molecule is C=C(C)CNc1ccc(S(=O)(=O)N(C)C)cc1. The molecule has 0 unspecified atom stereocenters. The van der Waals surface area contributed by atoms with Crippen LogP contribution >= 0.6 is 0 Å². The van der Waals surface area contributed by atoms with Gasteiger partial charge < -0.3 is 5.32 Å². The van der Waals surface area contributed by atoms with Crippen molar-refractivity contribution in [1.82, 2.24) is 4.31 Å². The van der Waals surface area contributed by atoms with Gasteiger partial charge in [0, 0.05) is 26.3 Å². The molecule has 0 heterocycles. The molecule has 5 heteroatoms. The first kappa shape index (κ1) is 13.7. The predicted octanol–water partition coefficient (Wildman–Crippen LogP) is 1.92. The Morgan fingerprint density at radius 2 is 1.82 bits per heavy atom. The first-order valence-corrected chi connectivity index (χ1v) is 6.69. The molecule has 0 aliphatic heterocycles. The van der Waals surface area contributed by atoms with Crippen molar-refractivity contribution in [3.63, 3.8) is 0 Å². The van der Waals surface area contributed by atoms with Crippen LogP contribution in [0, 0.1) is 0 Å². The summed E-state index contributed by atoms with van der Waals surface area (Å²) >= 11 is 0. The average molecular weight is 254 g/mol. The Morgan fingerprint density at radius 1 is 1.29 bits per heavy atom. The zero-order valence-corrected chi connectivity index (χ0v) is 11.2. The smallest absolute Gasteiger partial charge is 0.242 e. The molecule has 0 bridgehead atoms. The summed E-state index contributed by atoms with van der Waals surface area (Å²) in [6.07, 6.45) is 0. The molecule has 1 aromatic rings. The number of hydrogen-bond acceptors (Lipinski definition) is 3. The third-order valence-corrected chi connectivity index (χ3v) is 4.06. The molecule has 0 aliphatic carbocycles. The molecule has 4 nitrogen and oxygen atoms in total. The zero-order valence-electron chi connectivity index (χ0n) is 10.4. The Kier molecular flexibility index (Phi) is 4.31. The van der Waals surface area contributed by atoms with Crippen molar-refractivity contribution >= 4 is 15.7 Å². The fourth-order valence-corrected chi connectivity index (χ4v) is 2.11. The molecule has 0 saturated heterocycles. The van der Waals surface area contributed by atoms with Gasteiger partial charge in [0.25, 0.3) is 0 Å². The van der Waals surface area contributed by atoms with E-state index in [4.69, 9.17) is 0 Å². The quantitative estimate of drug-likeness (QED) is 0.817. The molecule has 0 saturated carbocycles. The van der Waals surface area contributed by atoms with Crippen LogP contribution in [0.4, 0.5) is 5.69 Å². The number of sulfonamides is 1. The van der Waals surface area contributed by atoms with Gasteiger partial charge in [-0.3, -0.25) is 0 Å². The normalized spacial score (nSPS) is 11.5. The maximum atomic E-state index is 11.8. The van der Waals surface area contributed by atoms with E-state index >= 15 is 0 Å². The second-order valence-corrected chi connectivity index (χ2v) is 6.27. The summed E-state index contributed by atoms with van der Waals surface area (Å²) < 4.78 is 24.8. The molecule has 0 aromatic heterocycles. The first-order valence-electron chi connectivity index (χ1n) is 5.25. The molecule has 0 radical (unpaired) electrons. The molecule has 17 heavy (non-hydrogen) atoms. The molecule has 1 aromatic carbocycles. The minimum Gasteiger partial charge on any atom is -0.381 e. The molecule has 1 N–H and O–H groups in total. The third-order valence-electron chi connectivity index (χ3n) is 2.23. The van der Waals surface area contributed by atoms with Crippen LogP contribution in [-0.4, -0.2) is 33.4 Å². The van der Waals surface area contributed by atoms with Crippen LogP contribution in [-0.2, 0) is 10.0 Å². The van der Waals surface area contributed by atoms with Crippen LogP contribution in [0.5, 0.6) is 0 Å². The highest BCUT2D eigenvalue weighted by atomic mass is 32.2. The maximum absolute atomic E-state index is 11.8. The van der Waals surface area contributed by atoms with Crippen LogP contribution in [0.25, 0.3) is 0 Å². The summed E-state index contributed by atoms with van der Waals surface area (Å²) in [5, 5.41) is 3.14. The molecule has 0 aliphatic rings. The molecule has 0 spiro atoms. The Labute approximate surface area is 103 Å². The largest absolute Gasteiger partial charge is 0.381 e. The van der Waals surface area contributed by atoms with Crippen LogP contribution in [0.3, 0.4) is 0 Å². The highest BCUT2D eigenvalue weighted by molar-refractivity contribution is 7.89. The molecule has 94 valence electrons. The molecule has 0 atom stereocenters. The van der Waals surface area contributed by atoms with Crippen molar-refractivity contribution in [3.05, 3.63) is 36.4 Å². The number of benzene rings is 1. The summed E-state index contributed by atoms with van der Waals surface area (Å²) in [5.74, 6) is 0. The standard InChI is InChI=1S/C12H18N2O2S/c1-10(2)9-13-11-5-7-12(8-6-11)17(15,16)14(3)4/h5-8,13H,1,9H2,2-4H3. The van der Waals surface area contributed by atoms with E-state index in [1.807, 2.05) is 6.92 Å². The Hall–Kier alpha value is -1.33. The van der Waals surface area contributed by atoms with Crippen LogP contribution < -0.4 is 5.32 Å². The highest BCUT2D eigenvalue weighted by Crippen LogP contribution is 2.16. The van der Waals surface area contributed by atoms with Gasteiger partial charge in [0.05, 0.1) is 4.90 Å². The molecule has 0 fully saturated rings. The van der Waals surface area contributed by atoms with Gasteiger partial charge >= 0.3 is 0 Å². The minimum absolute atomic E-state index is 0.295. The summed E-state index contributed by atoms with van der Waals surface area (Å²) in [6.45, 7) is 6.39. The lowest BCUT2D eigenvalue weighted by molar-refractivity contribution is 0.521. The average Bonchev–Trinajstić information content (AvgIpc) is 2.26. The predicted molar refractivity (Wildman–Crippen MR) is 70.6 cm³/mol. The summed E-state index contributed by atoms with van der Waals surface area (Å²) in [5.41, 5.74) is 1.90. The van der Waals surface area contributed by atoms with Gasteiger partial charge in [0.1, 0.15) is 0 Å². The summed E-state index contributed by atoms with van der Waals surface area (Å²) in [6, 6.07) is 6.69. The van der Waals surface area contributed by atoms with E-state index < -0.39 is 10.0 Å². The van der Waals surface area contributed by atoms with Crippen molar-refractivity contribution in [2.75, 3.05) is 26.0 Å². The van der Waals surface area contributed by atoms with Crippen molar-refractivity contribution in [2.45, 2.75) is 11.8 Å². The lowest BCUT2D eigenvalue weighted by Crippen LogP contribution is -2.22. The van der Waals surface area contributed by atoms with Crippen molar-refractivity contribution in [2.24, 2.45) is 0 Å². The van der Waals surface area contributed by atoms with Gasteiger partial charge in [-0.1, -0.05) is 12.2 Å². The van der Waals surface area contributed by atoms with Crippen LogP contribution in [0.1, 0.15) is 6.92 Å². The van der Waals surface area contributed by atoms with Crippen molar-refractivity contribution in [1.29, 1.82) is 0 Å². The number of rotatable bonds is 5. The van der Waals surface area contributed by atoms with E-state index in [2.05, 4.69) is 11.9 Å². The van der Waals surface area contributed by atoms with E-state index in [0.717, 1.165) is 11.3 Å². The van der Waals surface area contributed by atoms with Crippen LogP contribution in [0.2, 0.25) is 0 Å².